The lowest BCUT2D eigenvalue weighted by molar-refractivity contribution is 0.103. The number of carbonyl (C=O) groups excluding carboxylic acids is 1. The van der Waals surface area contributed by atoms with E-state index in [9.17, 15) is 4.79 Å². The summed E-state index contributed by atoms with van der Waals surface area (Å²) in [5.41, 5.74) is 1.13. The summed E-state index contributed by atoms with van der Waals surface area (Å²) in [5, 5.41) is 0. The molecule has 0 aliphatic heterocycles. The predicted molar refractivity (Wildman–Crippen MR) is 68.3 cm³/mol. The molecule has 0 fully saturated rings. The van der Waals surface area contributed by atoms with Gasteiger partial charge in [0, 0.05) is 11.1 Å². The molecule has 0 radical (unpaired) electrons. The van der Waals surface area contributed by atoms with Crippen LogP contribution in [0.25, 0.3) is 0 Å². The van der Waals surface area contributed by atoms with E-state index >= 15 is 0 Å². The molecule has 0 heterocycles. The Labute approximate surface area is 105 Å². The van der Waals surface area contributed by atoms with Gasteiger partial charge in [0.05, 0.1) is 0 Å². The van der Waals surface area contributed by atoms with Gasteiger partial charge < -0.3 is 14.3 Å². The average Bonchev–Trinajstić information content (AvgIpc) is 2.39. The average molecular weight is 262 g/mol. The monoisotopic (exact) mass is 262 g/mol. The zero-order valence-electron chi connectivity index (χ0n) is 9.35. The molecule has 0 saturated carbocycles. The largest absolute Gasteiger partial charge is 0.427 e. The standard InChI is InChI=1S/C13H11O4P/c14-13(10-4-2-1-3-5-10)11-6-8-12(9-7-11)17-18(15)16/h1-9,15-16H. The zero-order valence-corrected chi connectivity index (χ0v) is 10.2. The van der Waals surface area contributed by atoms with Crippen molar-refractivity contribution in [3.8, 4) is 5.75 Å². The highest BCUT2D eigenvalue weighted by Crippen LogP contribution is 2.28. The molecule has 2 aromatic carbocycles. The van der Waals surface area contributed by atoms with E-state index in [1.54, 1.807) is 36.4 Å². The third-order valence-electron chi connectivity index (χ3n) is 2.34. The van der Waals surface area contributed by atoms with Crippen molar-refractivity contribution in [2.75, 3.05) is 0 Å². The summed E-state index contributed by atoms with van der Waals surface area (Å²) in [6, 6.07) is 15.2. The van der Waals surface area contributed by atoms with Crippen molar-refractivity contribution in [3.63, 3.8) is 0 Å². The maximum Gasteiger partial charge on any atom is 0.391 e. The lowest BCUT2D eigenvalue weighted by Gasteiger charge is -2.06. The fourth-order valence-electron chi connectivity index (χ4n) is 1.52. The number of rotatable bonds is 4. The second-order valence-corrected chi connectivity index (χ2v) is 4.25. The molecule has 0 aliphatic carbocycles. The number of carbonyl (C=O) groups is 1. The molecule has 0 unspecified atom stereocenters. The van der Waals surface area contributed by atoms with Crippen molar-refractivity contribution in [2.24, 2.45) is 0 Å². The Bertz CT molecular complexity index is 522. The first kappa shape index (κ1) is 12.7. The van der Waals surface area contributed by atoms with Crippen LogP contribution in [0.1, 0.15) is 15.9 Å². The fourth-order valence-corrected chi connectivity index (χ4v) is 1.83. The number of ketones is 1. The highest BCUT2D eigenvalue weighted by molar-refractivity contribution is 7.39. The van der Waals surface area contributed by atoms with E-state index in [0.29, 0.717) is 16.9 Å². The molecule has 2 rings (SSSR count). The summed E-state index contributed by atoms with van der Waals surface area (Å²) >= 11 is 0. The smallest absolute Gasteiger partial charge is 0.391 e. The van der Waals surface area contributed by atoms with Crippen molar-refractivity contribution in [2.45, 2.75) is 0 Å². The topological polar surface area (TPSA) is 66.8 Å². The Morgan fingerprint density at radius 1 is 0.889 bits per heavy atom. The van der Waals surface area contributed by atoms with Gasteiger partial charge in [0.2, 0.25) is 0 Å². The lowest BCUT2D eigenvalue weighted by atomic mass is 10.0. The van der Waals surface area contributed by atoms with Gasteiger partial charge in [0.1, 0.15) is 5.75 Å². The minimum atomic E-state index is -2.43. The van der Waals surface area contributed by atoms with Crippen LogP contribution in [-0.4, -0.2) is 15.6 Å². The predicted octanol–water partition coefficient (Wildman–Crippen LogP) is 2.51. The van der Waals surface area contributed by atoms with Gasteiger partial charge in [-0.15, -0.1) is 0 Å². The van der Waals surface area contributed by atoms with Crippen molar-refractivity contribution >= 4 is 14.4 Å². The number of hydrogen-bond acceptors (Lipinski definition) is 4. The van der Waals surface area contributed by atoms with E-state index in [-0.39, 0.29) is 5.78 Å². The molecule has 92 valence electrons. The SMILES string of the molecule is O=C(c1ccccc1)c1ccc(OP(O)O)cc1. The minimum Gasteiger partial charge on any atom is -0.427 e. The van der Waals surface area contributed by atoms with Crippen LogP contribution in [0.2, 0.25) is 0 Å². The summed E-state index contributed by atoms with van der Waals surface area (Å²) in [7, 11) is -2.43. The number of benzene rings is 2. The summed E-state index contributed by atoms with van der Waals surface area (Å²) in [4.78, 5) is 29.4. The molecule has 0 saturated heterocycles. The quantitative estimate of drug-likeness (QED) is 0.656. The first-order valence-electron chi connectivity index (χ1n) is 5.22. The Balaban J connectivity index is 2.17. The lowest BCUT2D eigenvalue weighted by Crippen LogP contribution is -2.00. The van der Waals surface area contributed by atoms with Crippen LogP contribution in [0.4, 0.5) is 0 Å². The van der Waals surface area contributed by atoms with Gasteiger partial charge in [0.25, 0.3) is 0 Å². The van der Waals surface area contributed by atoms with Crippen molar-refractivity contribution in [3.05, 3.63) is 65.7 Å². The molecule has 0 aliphatic rings. The number of hydrogen-bond donors (Lipinski definition) is 2. The molecular formula is C13H11O4P. The second kappa shape index (κ2) is 5.74. The third kappa shape index (κ3) is 3.14. The molecule has 2 aromatic rings. The van der Waals surface area contributed by atoms with Crippen LogP contribution in [0.15, 0.2) is 54.6 Å². The Kier molecular flexibility index (Phi) is 4.05. The molecule has 0 spiro atoms. The van der Waals surface area contributed by atoms with Crippen molar-refractivity contribution in [1.82, 2.24) is 0 Å². The van der Waals surface area contributed by atoms with E-state index < -0.39 is 8.60 Å². The molecule has 18 heavy (non-hydrogen) atoms. The summed E-state index contributed by atoms with van der Waals surface area (Å²) in [5.74, 6) is 0.230. The third-order valence-corrected chi connectivity index (χ3v) is 2.71. The second-order valence-electron chi connectivity index (χ2n) is 3.56. The summed E-state index contributed by atoms with van der Waals surface area (Å²) in [6.45, 7) is 0. The van der Waals surface area contributed by atoms with E-state index in [2.05, 4.69) is 0 Å². The van der Waals surface area contributed by atoms with Crippen LogP contribution in [-0.2, 0) is 0 Å². The van der Waals surface area contributed by atoms with Crippen LogP contribution in [0.3, 0.4) is 0 Å². The Hall–Kier alpha value is -1.74. The first-order chi connectivity index (χ1) is 8.66. The first-order valence-corrected chi connectivity index (χ1v) is 6.39. The van der Waals surface area contributed by atoms with Crippen LogP contribution in [0.5, 0.6) is 5.75 Å². The van der Waals surface area contributed by atoms with Gasteiger partial charge in [0.15, 0.2) is 5.78 Å². The van der Waals surface area contributed by atoms with Crippen molar-refractivity contribution in [1.29, 1.82) is 0 Å². The van der Waals surface area contributed by atoms with E-state index in [0.717, 1.165) is 0 Å². The molecule has 0 aromatic heterocycles. The molecule has 4 nitrogen and oxygen atoms in total. The summed E-state index contributed by atoms with van der Waals surface area (Å²) < 4.78 is 4.72. The van der Waals surface area contributed by atoms with Gasteiger partial charge >= 0.3 is 8.60 Å². The Morgan fingerprint density at radius 3 is 2.00 bits per heavy atom. The molecule has 0 amide bonds. The maximum absolute atomic E-state index is 12.0. The zero-order chi connectivity index (χ0) is 13.0. The van der Waals surface area contributed by atoms with Crippen LogP contribution < -0.4 is 4.52 Å². The molecular weight excluding hydrogens is 251 g/mol. The molecule has 5 heteroatoms. The van der Waals surface area contributed by atoms with Crippen LogP contribution in [0, 0.1) is 0 Å². The van der Waals surface area contributed by atoms with Crippen molar-refractivity contribution < 1.29 is 19.1 Å². The van der Waals surface area contributed by atoms with Gasteiger partial charge in [-0.3, -0.25) is 4.79 Å². The van der Waals surface area contributed by atoms with Gasteiger partial charge in [-0.1, -0.05) is 30.3 Å². The van der Waals surface area contributed by atoms with E-state index in [4.69, 9.17) is 14.3 Å². The Morgan fingerprint density at radius 2 is 1.44 bits per heavy atom. The summed E-state index contributed by atoms with van der Waals surface area (Å²) in [6.07, 6.45) is 0. The normalized spacial score (nSPS) is 10.4. The van der Waals surface area contributed by atoms with E-state index in [1.165, 1.54) is 12.1 Å². The highest BCUT2D eigenvalue weighted by atomic mass is 31.2. The fraction of sp³-hybridized carbons (Fsp3) is 0. The molecule has 0 bridgehead atoms. The highest BCUT2D eigenvalue weighted by Gasteiger charge is 2.09. The molecule has 0 atom stereocenters. The minimum absolute atomic E-state index is 0.0857. The van der Waals surface area contributed by atoms with Gasteiger partial charge in [-0.2, -0.15) is 0 Å². The van der Waals surface area contributed by atoms with Gasteiger partial charge in [-0.05, 0) is 24.3 Å². The van der Waals surface area contributed by atoms with E-state index in [1.807, 2.05) is 6.07 Å². The van der Waals surface area contributed by atoms with Gasteiger partial charge in [-0.25, -0.2) is 0 Å². The maximum atomic E-state index is 12.0. The van der Waals surface area contributed by atoms with Crippen LogP contribution >= 0.6 is 8.60 Å². The molecule has 2 N–H and O–H groups in total.